The molecule has 2 aliphatic rings. The number of nitrogens with zero attached hydrogens (tertiary/aromatic N) is 2. The van der Waals surface area contributed by atoms with E-state index in [4.69, 9.17) is 4.42 Å². The van der Waals surface area contributed by atoms with Gasteiger partial charge in [0.2, 0.25) is 0 Å². The number of hydrogen-bond acceptors (Lipinski definition) is 3. The minimum Gasteiger partial charge on any atom is -0.456 e. The molecule has 0 N–H and O–H groups in total. The first-order chi connectivity index (χ1) is 22.3. The van der Waals surface area contributed by atoms with Crippen LogP contribution in [0.5, 0.6) is 0 Å². The molecule has 0 aliphatic carbocycles. The summed E-state index contributed by atoms with van der Waals surface area (Å²) in [6.45, 7) is 11.4. The largest absolute Gasteiger partial charge is 0.456 e. The number of furan rings is 1. The highest BCUT2D eigenvalue weighted by Gasteiger charge is 2.44. The zero-order chi connectivity index (χ0) is 31.3. The van der Waals surface area contributed by atoms with Crippen LogP contribution in [0.2, 0.25) is 0 Å². The van der Waals surface area contributed by atoms with Crippen molar-refractivity contribution >= 4 is 79.2 Å². The molecule has 1 aromatic heterocycles. The molecule has 0 fully saturated rings. The lowest BCUT2D eigenvalue weighted by molar-refractivity contribution is 0.590. The highest BCUT2D eigenvalue weighted by molar-refractivity contribution is 7.00. The van der Waals surface area contributed by atoms with Crippen molar-refractivity contribution in [3.8, 4) is 0 Å². The lowest BCUT2D eigenvalue weighted by Crippen LogP contribution is -2.61. The topological polar surface area (TPSA) is 19.6 Å². The van der Waals surface area contributed by atoms with Gasteiger partial charge < -0.3 is 14.2 Å². The minimum atomic E-state index is 0.0601. The first kappa shape index (κ1) is 27.1. The molecular weight excluding hydrogens is 559 g/mol. The van der Waals surface area contributed by atoms with Crippen LogP contribution in [0.15, 0.2) is 126 Å². The Labute approximate surface area is 270 Å². The molecule has 0 radical (unpaired) electrons. The predicted octanol–water partition coefficient (Wildman–Crippen LogP) is 9.58. The van der Waals surface area contributed by atoms with E-state index in [0.717, 1.165) is 16.6 Å². The Morgan fingerprint density at radius 2 is 1.30 bits per heavy atom. The van der Waals surface area contributed by atoms with Gasteiger partial charge in [-0.15, -0.1) is 0 Å². The number of para-hydroxylation sites is 3. The van der Waals surface area contributed by atoms with Crippen molar-refractivity contribution < 1.29 is 4.42 Å². The molecule has 0 bridgehead atoms. The number of rotatable bonds is 2. The molecule has 0 saturated carbocycles. The van der Waals surface area contributed by atoms with Gasteiger partial charge in [0, 0.05) is 33.8 Å². The average molecular weight is 595 g/mol. The van der Waals surface area contributed by atoms with E-state index in [9.17, 15) is 0 Å². The number of aryl methyl sites for hydroxylation is 2. The zero-order valence-corrected chi connectivity index (χ0v) is 26.9. The lowest BCUT2D eigenvalue weighted by Gasteiger charge is -2.44. The van der Waals surface area contributed by atoms with Crippen LogP contribution in [0, 0.1) is 13.8 Å². The predicted molar refractivity (Wildman–Crippen MR) is 196 cm³/mol. The van der Waals surface area contributed by atoms with Crippen molar-refractivity contribution in [1.29, 1.82) is 0 Å². The van der Waals surface area contributed by atoms with Crippen molar-refractivity contribution in [2.75, 3.05) is 9.80 Å². The fraction of sp³-hybridized carbons (Fsp3) is 0.143. The second-order valence-corrected chi connectivity index (χ2v) is 13.9. The summed E-state index contributed by atoms with van der Waals surface area (Å²) in [5.74, 6) is 0. The summed E-state index contributed by atoms with van der Waals surface area (Å²) in [4.78, 5) is 5.00. The smallest absolute Gasteiger partial charge is 0.252 e. The molecule has 3 nitrogen and oxygen atoms in total. The first-order valence-corrected chi connectivity index (χ1v) is 16.2. The van der Waals surface area contributed by atoms with Crippen LogP contribution in [0.4, 0.5) is 34.1 Å². The number of benzene rings is 6. The Hall–Kier alpha value is -5.22. The third-order valence-corrected chi connectivity index (χ3v) is 9.94. The van der Waals surface area contributed by atoms with E-state index in [2.05, 4.69) is 166 Å². The molecular formula is C42H35BN2O. The summed E-state index contributed by atoms with van der Waals surface area (Å²) in [7, 11) is 0. The average Bonchev–Trinajstić information content (AvgIpc) is 3.44. The molecule has 4 heteroatoms. The Morgan fingerprint density at radius 3 is 2.09 bits per heavy atom. The number of fused-ring (bicyclic) bond motifs is 8. The molecule has 9 rings (SSSR count). The van der Waals surface area contributed by atoms with E-state index in [1.807, 2.05) is 0 Å². The summed E-state index contributed by atoms with van der Waals surface area (Å²) < 4.78 is 6.52. The summed E-state index contributed by atoms with van der Waals surface area (Å²) in [5.41, 5.74) is 17.0. The highest BCUT2D eigenvalue weighted by Crippen LogP contribution is 2.48. The second kappa shape index (κ2) is 9.64. The van der Waals surface area contributed by atoms with Gasteiger partial charge >= 0.3 is 0 Å². The first-order valence-electron chi connectivity index (χ1n) is 16.2. The van der Waals surface area contributed by atoms with Gasteiger partial charge in [0.25, 0.3) is 6.71 Å². The Bertz CT molecular complexity index is 2350. The molecule has 0 unspecified atom stereocenters. The van der Waals surface area contributed by atoms with Gasteiger partial charge in [-0.05, 0) is 101 Å². The standard InChI is InChI=1S/C42H35BN2O/c1-26-23-35-40-36(24-26)45(33-21-19-28(25-27(33)2)42(3,4)5)41-32(20-22-38-39(41)30-15-9-12-18-37(30)46-38)43(40)31-16-10-11-17-34(31)44(35)29-13-7-6-8-14-29/h6-25H,1-5H3. The molecule has 7 aromatic rings. The maximum Gasteiger partial charge on any atom is 0.252 e. The van der Waals surface area contributed by atoms with Crippen molar-refractivity contribution in [3.63, 3.8) is 0 Å². The van der Waals surface area contributed by atoms with Crippen molar-refractivity contribution in [1.82, 2.24) is 0 Å². The molecule has 222 valence electrons. The molecule has 2 aliphatic heterocycles. The van der Waals surface area contributed by atoms with E-state index >= 15 is 0 Å². The fourth-order valence-corrected chi connectivity index (χ4v) is 7.86. The second-order valence-electron chi connectivity index (χ2n) is 13.9. The SMILES string of the molecule is Cc1cc2c3c(c1)N(c1ccc(C(C)(C)C)cc1C)c1c(ccc4oc5ccccc5c14)B3c1ccccc1N2c1ccccc1. The van der Waals surface area contributed by atoms with Crippen molar-refractivity contribution in [2.45, 2.75) is 40.0 Å². The normalized spacial score (nSPS) is 13.6. The molecule has 0 spiro atoms. The van der Waals surface area contributed by atoms with Crippen LogP contribution < -0.4 is 26.2 Å². The van der Waals surface area contributed by atoms with Gasteiger partial charge in [-0.3, -0.25) is 0 Å². The van der Waals surface area contributed by atoms with Crippen LogP contribution in [0.25, 0.3) is 21.9 Å². The van der Waals surface area contributed by atoms with E-state index < -0.39 is 0 Å². The molecule has 0 amide bonds. The third-order valence-electron chi connectivity index (χ3n) is 9.94. The third kappa shape index (κ3) is 3.80. The Kier molecular flexibility index (Phi) is 5.69. The van der Waals surface area contributed by atoms with Gasteiger partial charge in [-0.2, -0.15) is 0 Å². The molecule has 6 aromatic carbocycles. The number of hydrogen-bond donors (Lipinski definition) is 0. The summed E-state index contributed by atoms with van der Waals surface area (Å²) in [6, 6.07) is 44.5. The maximum atomic E-state index is 6.52. The Balaban J connectivity index is 1.44. The van der Waals surface area contributed by atoms with Crippen LogP contribution >= 0.6 is 0 Å². The summed E-state index contributed by atoms with van der Waals surface area (Å²) in [5, 5.41) is 2.32. The summed E-state index contributed by atoms with van der Waals surface area (Å²) >= 11 is 0. The van der Waals surface area contributed by atoms with Crippen LogP contribution in [-0.4, -0.2) is 6.71 Å². The van der Waals surface area contributed by atoms with Gasteiger partial charge in [0.15, 0.2) is 0 Å². The maximum absolute atomic E-state index is 6.52. The molecule has 0 atom stereocenters. The zero-order valence-electron chi connectivity index (χ0n) is 26.9. The van der Waals surface area contributed by atoms with E-state index in [1.165, 1.54) is 72.6 Å². The van der Waals surface area contributed by atoms with Crippen LogP contribution in [0.1, 0.15) is 37.5 Å². The van der Waals surface area contributed by atoms with E-state index in [-0.39, 0.29) is 12.1 Å². The monoisotopic (exact) mass is 594 g/mol. The highest BCUT2D eigenvalue weighted by atomic mass is 16.3. The van der Waals surface area contributed by atoms with E-state index in [0.29, 0.717) is 0 Å². The summed E-state index contributed by atoms with van der Waals surface area (Å²) in [6.07, 6.45) is 0. The van der Waals surface area contributed by atoms with Crippen LogP contribution in [-0.2, 0) is 5.41 Å². The number of anilines is 6. The van der Waals surface area contributed by atoms with Gasteiger partial charge in [0.05, 0.1) is 11.1 Å². The fourth-order valence-electron chi connectivity index (χ4n) is 7.86. The minimum absolute atomic E-state index is 0.0601. The lowest BCUT2D eigenvalue weighted by atomic mass is 9.33. The van der Waals surface area contributed by atoms with Crippen molar-refractivity contribution in [2.24, 2.45) is 0 Å². The van der Waals surface area contributed by atoms with E-state index in [1.54, 1.807) is 0 Å². The van der Waals surface area contributed by atoms with Gasteiger partial charge in [0.1, 0.15) is 11.2 Å². The quantitative estimate of drug-likeness (QED) is 0.186. The van der Waals surface area contributed by atoms with Gasteiger partial charge in [-0.25, -0.2) is 0 Å². The molecule has 46 heavy (non-hydrogen) atoms. The Morgan fingerprint density at radius 1 is 0.587 bits per heavy atom. The van der Waals surface area contributed by atoms with Crippen molar-refractivity contribution in [3.05, 3.63) is 138 Å². The van der Waals surface area contributed by atoms with Gasteiger partial charge in [-0.1, -0.05) is 93.6 Å². The molecule has 3 heterocycles. The molecule has 0 saturated heterocycles. The van der Waals surface area contributed by atoms with Crippen LogP contribution in [0.3, 0.4) is 0 Å².